The number of halogens is 1. The molecule has 3 rings (SSSR count). The van der Waals surface area contributed by atoms with Crippen molar-refractivity contribution in [2.45, 2.75) is 0 Å². The summed E-state index contributed by atoms with van der Waals surface area (Å²) in [6, 6.07) is 0.320. The predicted molar refractivity (Wildman–Crippen MR) is 83.6 cm³/mol. The zero-order valence-electron chi connectivity index (χ0n) is 11.5. The lowest BCUT2D eigenvalue weighted by Crippen LogP contribution is -2.36. The number of aliphatic imine (C=N–C) groups is 1. The van der Waals surface area contributed by atoms with E-state index in [9.17, 15) is 4.39 Å². The summed E-state index contributed by atoms with van der Waals surface area (Å²) in [5, 5.41) is 7.90. The normalized spacial score (nSPS) is 24.1. The molecule has 3 N–H and O–H groups in total. The fourth-order valence-corrected chi connectivity index (χ4v) is 3.04. The molecule has 21 heavy (non-hydrogen) atoms. The summed E-state index contributed by atoms with van der Waals surface area (Å²) < 4.78 is 18.2. The van der Waals surface area contributed by atoms with Gasteiger partial charge in [0.2, 0.25) is 0 Å². The molecule has 0 saturated carbocycles. The molecule has 0 aromatic heterocycles. The third-order valence-electron chi connectivity index (χ3n) is 2.91. The topological polar surface area (TPSA) is 60.9 Å². The highest BCUT2D eigenvalue weighted by atomic mass is 32.2. The van der Waals surface area contributed by atoms with Gasteiger partial charge in [-0.25, -0.2) is 9.38 Å². The second kappa shape index (κ2) is 6.15. The van der Waals surface area contributed by atoms with Crippen LogP contribution in [0.5, 0.6) is 0 Å². The van der Waals surface area contributed by atoms with Crippen LogP contribution in [-0.4, -0.2) is 35.8 Å². The monoisotopic (exact) mass is 309 g/mol. The van der Waals surface area contributed by atoms with Crippen molar-refractivity contribution in [3.05, 3.63) is 47.2 Å². The molecule has 8 heteroatoms. The third kappa shape index (κ3) is 3.34. The van der Waals surface area contributed by atoms with Crippen LogP contribution in [0.3, 0.4) is 0 Å². The molecule has 0 aliphatic carbocycles. The van der Waals surface area contributed by atoms with Crippen molar-refractivity contribution in [2.24, 2.45) is 4.99 Å². The number of hydrogen-bond donors (Lipinski definition) is 3. The molecule has 0 amide bonds. The van der Waals surface area contributed by atoms with Crippen LogP contribution in [0.1, 0.15) is 0 Å². The molecule has 6 nitrogen and oxygen atoms in total. The van der Waals surface area contributed by atoms with Gasteiger partial charge in [-0.3, -0.25) is 5.01 Å². The van der Waals surface area contributed by atoms with Crippen LogP contribution >= 0.6 is 10.5 Å². The van der Waals surface area contributed by atoms with Gasteiger partial charge in [0.25, 0.3) is 6.02 Å². The number of nitrogens with one attached hydrogen (secondary N) is 3. The molecule has 0 aromatic carbocycles. The van der Waals surface area contributed by atoms with Crippen LogP contribution in [0.4, 0.5) is 4.39 Å². The molecule has 1 atom stereocenters. The van der Waals surface area contributed by atoms with E-state index in [-0.39, 0.29) is 22.9 Å². The van der Waals surface area contributed by atoms with Gasteiger partial charge < -0.3 is 15.5 Å². The van der Waals surface area contributed by atoms with E-state index >= 15 is 0 Å². The van der Waals surface area contributed by atoms with Crippen molar-refractivity contribution in [1.82, 2.24) is 21.3 Å². The number of ether oxygens (including phenoxy) is 1. The quantitative estimate of drug-likeness (QED) is 0.680. The van der Waals surface area contributed by atoms with E-state index < -0.39 is 0 Å². The zero-order valence-corrected chi connectivity index (χ0v) is 12.3. The Morgan fingerprint density at radius 3 is 3.14 bits per heavy atom. The Labute approximate surface area is 124 Å². The molecule has 0 saturated heterocycles. The molecule has 0 radical (unpaired) electrons. The van der Waals surface area contributed by atoms with Gasteiger partial charge in [-0.1, -0.05) is 12.2 Å². The van der Waals surface area contributed by atoms with E-state index in [1.54, 1.807) is 0 Å². The third-order valence-corrected chi connectivity index (χ3v) is 4.47. The number of hydrogen-bond acceptors (Lipinski definition) is 6. The first-order valence-corrected chi connectivity index (χ1v) is 8.08. The van der Waals surface area contributed by atoms with Crippen LogP contribution in [0.2, 0.25) is 0 Å². The number of amidine groups is 1. The lowest BCUT2D eigenvalue weighted by atomic mass is 10.5. The number of allylic oxidation sites excluding steroid dienone is 3. The van der Waals surface area contributed by atoms with Crippen molar-refractivity contribution in [1.29, 1.82) is 0 Å². The standard InChI is InChI=1S/C13H16FN5OS/c1-21-5-3-2-4-12(21)19-8-11(17-18-19)9-20-13-15-6-10(14)7-16-13/h2-6,8,17-18H,7,9H2,1H3,(H,15,16). The molecular weight excluding hydrogens is 293 g/mol. The maximum atomic E-state index is 12.8. The van der Waals surface area contributed by atoms with E-state index in [2.05, 4.69) is 39.0 Å². The molecule has 0 aromatic rings. The van der Waals surface area contributed by atoms with Gasteiger partial charge in [-0.2, -0.15) is 0 Å². The Hall–Kier alpha value is -2.06. The van der Waals surface area contributed by atoms with E-state index in [0.29, 0.717) is 12.6 Å². The zero-order chi connectivity index (χ0) is 14.7. The second-order valence-electron chi connectivity index (χ2n) is 4.49. The van der Waals surface area contributed by atoms with Crippen molar-refractivity contribution in [2.75, 3.05) is 19.4 Å². The summed E-state index contributed by atoms with van der Waals surface area (Å²) >= 11 is 0. The maximum absolute atomic E-state index is 12.8. The van der Waals surface area contributed by atoms with Crippen LogP contribution in [0.25, 0.3) is 0 Å². The van der Waals surface area contributed by atoms with E-state index in [1.807, 2.05) is 23.4 Å². The number of hydrazine groups is 2. The molecule has 3 heterocycles. The van der Waals surface area contributed by atoms with Crippen molar-refractivity contribution < 1.29 is 9.13 Å². The molecule has 0 spiro atoms. The Balaban J connectivity index is 1.56. The van der Waals surface area contributed by atoms with Crippen molar-refractivity contribution in [3.63, 3.8) is 0 Å². The average Bonchev–Trinajstić information content (AvgIpc) is 2.96. The highest BCUT2D eigenvalue weighted by Crippen LogP contribution is 2.27. The largest absolute Gasteiger partial charge is 0.459 e. The van der Waals surface area contributed by atoms with Gasteiger partial charge in [0.05, 0.1) is 17.3 Å². The Bertz CT molecular complexity index is 620. The first-order chi connectivity index (χ1) is 10.2. The highest BCUT2D eigenvalue weighted by molar-refractivity contribution is 8.17. The summed E-state index contributed by atoms with van der Waals surface area (Å²) in [5.74, 6) is -0.308. The van der Waals surface area contributed by atoms with Gasteiger partial charge in [0, 0.05) is 12.4 Å². The molecule has 0 fully saturated rings. The fraction of sp³-hybridized carbons (Fsp3) is 0.231. The van der Waals surface area contributed by atoms with Crippen molar-refractivity contribution >= 4 is 21.9 Å². The smallest absolute Gasteiger partial charge is 0.289 e. The lowest BCUT2D eigenvalue weighted by molar-refractivity contribution is 0.305. The van der Waals surface area contributed by atoms with Crippen molar-refractivity contribution in [3.8, 4) is 0 Å². The SMILES string of the molecule is CS1=CC=CC=C1N1C=C(COC2=NCC(F)=CN2)NN1. The molecule has 112 valence electrons. The fourth-order valence-electron chi connectivity index (χ4n) is 1.87. The lowest BCUT2D eigenvalue weighted by Gasteiger charge is -2.21. The van der Waals surface area contributed by atoms with E-state index in [4.69, 9.17) is 4.74 Å². The molecule has 3 aliphatic rings. The van der Waals surface area contributed by atoms with E-state index in [1.165, 1.54) is 6.20 Å². The minimum Gasteiger partial charge on any atom is -0.459 e. The van der Waals surface area contributed by atoms with Crippen LogP contribution in [0, 0.1) is 0 Å². The molecule has 1 unspecified atom stereocenters. The summed E-state index contributed by atoms with van der Waals surface area (Å²) in [6.45, 7) is 0.335. The summed E-state index contributed by atoms with van der Waals surface area (Å²) in [6.07, 6.45) is 11.5. The molecule has 3 aliphatic heterocycles. The minimum absolute atomic E-state index is 0.0207. The summed E-state index contributed by atoms with van der Waals surface area (Å²) in [4.78, 5) is 3.92. The van der Waals surface area contributed by atoms with Gasteiger partial charge in [0.15, 0.2) is 0 Å². The maximum Gasteiger partial charge on any atom is 0.289 e. The number of nitrogens with zero attached hydrogens (tertiary/aromatic N) is 2. The Morgan fingerprint density at radius 1 is 1.48 bits per heavy atom. The van der Waals surface area contributed by atoms with Gasteiger partial charge in [-0.15, -0.1) is 16.0 Å². The van der Waals surface area contributed by atoms with Crippen LogP contribution in [-0.2, 0) is 4.74 Å². The van der Waals surface area contributed by atoms with Gasteiger partial charge in [-0.05, 0) is 17.7 Å². The second-order valence-corrected chi connectivity index (χ2v) is 6.30. The average molecular weight is 309 g/mol. The van der Waals surface area contributed by atoms with Crippen LogP contribution < -0.4 is 16.3 Å². The molecule has 0 bridgehead atoms. The molecular formula is C13H16FN5OS. The van der Waals surface area contributed by atoms with Gasteiger partial charge in [0.1, 0.15) is 12.4 Å². The number of rotatable bonds is 3. The van der Waals surface area contributed by atoms with Crippen LogP contribution in [0.15, 0.2) is 52.2 Å². The first kappa shape index (κ1) is 13.9. The minimum atomic E-state index is -0.308. The van der Waals surface area contributed by atoms with Gasteiger partial charge >= 0.3 is 0 Å². The Kier molecular flexibility index (Phi) is 4.07. The highest BCUT2D eigenvalue weighted by Gasteiger charge is 2.17. The summed E-state index contributed by atoms with van der Waals surface area (Å²) in [5.41, 5.74) is 6.97. The first-order valence-electron chi connectivity index (χ1n) is 6.39. The Morgan fingerprint density at radius 2 is 2.38 bits per heavy atom. The van der Waals surface area contributed by atoms with E-state index in [0.717, 1.165) is 10.7 Å². The predicted octanol–water partition coefficient (Wildman–Crippen LogP) is 1.05. The summed E-state index contributed by atoms with van der Waals surface area (Å²) in [7, 11) is 0.0568.